The third-order valence-electron chi connectivity index (χ3n) is 6.61. The van der Waals surface area contributed by atoms with E-state index in [0.29, 0.717) is 13.1 Å². The number of para-hydroxylation sites is 1. The normalized spacial score (nSPS) is 31.8. The first-order valence-corrected chi connectivity index (χ1v) is 9.75. The Morgan fingerprint density at radius 3 is 2.07 bits per heavy atom. The van der Waals surface area contributed by atoms with Gasteiger partial charge in [0, 0.05) is 31.9 Å². The summed E-state index contributed by atoms with van der Waals surface area (Å²) < 4.78 is 0. The highest BCUT2D eigenvalue weighted by atomic mass is 16.2. The van der Waals surface area contributed by atoms with Crippen LogP contribution in [-0.4, -0.2) is 60.2 Å². The number of rotatable bonds is 3. The van der Waals surface area contributed by atoms with Crippen molar-refractivity contribution in [3.63, 3.8) is 0 Å². The van der Waals surface area contributed by atoms with Gasteiger partial charge in [-0.2, -0.15) is 0 Å². The van der Waals surface area contributed by atoms with E-state index < -0.39 is 0 Å². The van der Waals surface area contributed by atoms with Crippen LogP contribution in [0.5, 0.6) is 0 Å². The summed E-state index contributed by atoms with van der Waals surface area (Å²) in [4.78, 5) is 43.5. The zero-order valence-electron chi connectivity index (χ0n) is 15.2. The topological polar surface area (TPSA) is 60.9 Å². The minimum atomic E-state index is -0.227. The third kappa shape index (κ3) is 2.58. The van der Waals surface area contributed by atoms with Gasteiger partial charge in [-0.3, -0.25) is 19.3 Å². The monoisotopic (exact) mass is 365 g/mol. The van der Waals surface area contributed by atoms with Crippen molar-refractivity contribution in [1.82, 2.24) is 9.80 Å². The first-order valence-electron chi connectivity index (χ1n) is 9.75. The Balaban J connectivity index is 1.21. The Morgan fingerprint density at radius 2 is 1.48 bits per heavy atom. The van der Waals surface area contributed by atoms with E-state index in [0.717, 1.165) is 25.2 Å². The van der Waals surface area contributed by atoms with Crippen molar-refractivity contribution in [3.8, 4) is 0 Å². The molecule has 2 heterocycles. The Labute approximate surface area is 158 Å². The molecule has 0 spiro atoms. The quantitative estimate of drug-likeness (QED) is 0.595. The molecule has 2 unspecified atom stereocenters. The van der Waals surface area contributed by atoms with E-state index in [4.69, 9.17) is 0 Å². The summed E-state index contributed by atoms with van der Waals surface area (Å²) in [6.07, 6.45) is 5.06. The first-order chi connectivity index (χ1) is 13.1. The Morgan fingerprint density at radius 1 is 0.889 bits per heavy atom. The number of allylic oxidation sites excluding steroid dienone is 2. The number of likely N-dealkylation sites (tertiary alicyclic amines) is 1. The number of anilines is 1. The van der Waals surface area contributed by atoms with Gasteiger partial charge in [0.25, 0.3) is 0 Å². The summed E-state index contributed by atoms with van der Waals surface area (Å²) >= 11 is 0. The van der Waals surface area contributed by atoms with Crippen LogP contribution in [0, 0.1) is 23.7 Å². The van der Waals surface area contributed by atoms with E-state index in [1.807, 2.05) is 18.2 Å². The average molecular weight is 365 g/mol. The zero-order chi connectivity index (χ0) is 18.5. The summed E-state index contributed by atoms with van der Waals surface area (Å²) in [5.74, 6) is -0.483. The van der Waals surface area contributed by atoms with E-state index in [9.17, 15) is 14.4 Å². The Bertz CT molecular complexity index is 783. The predicted octanol–water partition coefficient (Wildman–Crippen LogP) is 1.14. The minimum Gasteiger partial charge on any atom is -0.368 e. The van der Waals surface area contributed by atoms with E-state index in [-0.39, 0.29) is 47.9 Å². The molecule has 5 rings (SSSR count). The van der Waals surface area contributed by atoms with Gasteiger partial charge in [-0.15, -0.1) is 0 Å². The SMILES string of the molecule is O=C(CN1C(=O)C2C(C1=O)[C@H]1C=C[C@@H]2C1)N1CCN(c2ccccc2)CC1. The molecule has 2 bridgehead atoms. The lowest BCUT2D eigenvalue weighted by Crippen LogP contribution is -2.52. The number of piperazine rings is 1. The molecule has 6 nitrogen and oxygen atoms in total. The average Bonchev–Trinajstić information content (AvgIpc) is 3.39. The van der Waals surface area contributed by atoms with Crippen LogP contribution < -0.4 is 4.90 Å². The molecule has 2 aliphatic heterocycles. The number of imide groups is 1. The van der Waals surface area contributed by atoms with Gasteiger partial charge in [0.05, 0.1) is 11.8 Å². The molecule has 140 valence electrons. The van der Waals surface area contributed by atoms with Crippen LogP contribution >= 0.6 is 0 Å². The lowest BCUT2D eigenvalue weighted by atomic mass is 9.85. The molecule has 0 radical (unpaired) electrons. The summed E-state index contributed by atoms with van der Waals surface area (Å²) in [5.41, 5.74) is 1.16. The summed E-state index contributed by atoms with van der Waals surface area (Å²) in [6.45, 7) is 2.65. The minimum absolute atomic E-state index is 0.102. The van der Waals surface area contributed by atoms with Crippen molar-refractivity contribution in [2.45, 2.75) is 6.42 Å². The molecule has 0 aromatic heterocycles. The first kappa shape index (κ1) is 16.5. The van der Waals surface area contributed by atoms with Crippen molar-refractivity contribution in [2.24, 2.45) is 23.7 Å². The highest BCUT2D eigenvalue weighted by Crippen LogP contribution is 2.52. The van der Waals surface area contributed by atoms with Crippen LogP contribution in [0.3, 0.4) is 0 Å². The number of benzene rings is 1. The molecule has 0 N–H and O–H groups in total. The third-order valence-corrected chi connectivity index (χ3v) is 6.61. The smallest absolute Gasteiger partial charge is 0.242 e. The van der Waals surface area contributed by atoms with Gasteiger partial charge >= 0.3 is 0 Å². The van der Waals surface area contributed by atoms with Crippen molar-refractivity contribution in [2.75, 3.05) is 37.6 Å². The van der Waals surface area contributed by atoms with Gasteiger partial charge in [-0.25, -0.2) is 0 Å². The number of amides is 3. The van der Waals surface area contributed by atoms with Crippen LogP contribution in [-0.2, 0) is 14.4 Å². The Hall–Kier alpha value is -2.63. The molecule has 3 fully saturated rings. The molecule has 2 aliphatic carbocycles. The van der Waals surface area contributed by atoms with Crippen LogP contribution in [0.2, 0.25) is 0 Å². The molecule has 1 aromatic carbocycles. The van der Waals surface area contributed by atoms with Crippen molar-refractivity contribution in [1.29, 1.82) is 0 Å². The largest absolute Gasteiger partial charge is 0.368 e. The fourth-order valence-corrected chi connectivity index (χ4v) is 5.21. The maximum Gasteiger partial charge on any atom is 0.242 e. The fourth-order valence-electron chi connectivity index (χ4n) is 5.21. The molecule has 2 saturated heterocycles. The lowest BCUT2D eigenvalue weighted by Gasteiger charge is -2.36. The number of fused-ring (bicyclic) bond motifs is 5. The lowest BCUT2D eigenvalue weighted by molar-refractivity contribution is -0.147. The summed E-state index contributed by atoms with van der Waals surface area (Å²) in [7, 11) is 0. The van der Waals surface area contributed by atoms with Gasteiger partial charge < -0.3 is 9.80 Å². The number of carbonyl (C=O) groups excluding carboxylic acids is 3. The summed E-state index contributed by atoms with van der Waals surface area (Å²) in [6, 6.07) is 10.2. The highest BCUT2D eigenvalue weighted by Gasteiger charge is 2.59. The van der Waals surface area contributed by atoms with Gasteiger partial charge in [0.15, 0.2) is 0 Å². The van der Waals surface area contributed by atoms with E-state index >= 15 is 0 Å². The molecular formula is C21H23N3O3. The maximum absolute atomic E-state index is 12.7. The zero-order valence-corrected chi connectivity index (χ0v) is 15.2. The number of hydrogen-bond acceptors (Lipinski definition) is 4. The summed E-state index contributed by atoms with van der Waals surface area (Å²) in [5, 5.41) is 0. The molecule has 1 aromatic rings. The maximum atomic E-state index is 12.7. The molecule has 27 heavy (non-hydrogen) atoms. The molecular weight excluding hydrogens is 342 g/mol. The second kappa shape index (κ2) is 6.22. The second-order valence-electron chi connectivity index (χ2n) is 7.97. The molecule has 6 heteroatoms. The number of hydrogen-bond donors (Lipinski definition) is 0. The number of carbonyl (C=O) groups is 3. The van der Waals surface area contributed by atoms with Gasteiger partial charge in [0.2, 0.25) is 17.7 Å². The van der Waals surface area contributed by atoms with Crippen LogP contribution in [0.15, 0.2) is 42.5 Å². The van der Waals surface area contributed by atoms with Gasteiger partial charge in [0.1, 0.15) is 6.54 Å². The predicted molar refractivity (Wildman–Crippen MR) is 99.7 cm³/mol. The second-order valence-corrected chi connectivity index (χ2v) is 7.97. The van der Waals surface area contributed by atoms with Crippen LogP contribution in [0.1, 0.15) is 6.42 Å². The van der Waals surface area contributed by atoms with Crippen LogP contribution in [0.25, 0.3) is 0 Å². The molecule has 1 saturated carbocycles. The van der Waals surface area contributed by atoms with Gasteiger partial charge in [-0.05, 0) is 30.4 Å². The van der Waals surface area contributed by atoms with Crippen molar-refractivity contribution >= 4 is 23.4 Å². The van der Waals surface area contributed by atoms with E-state index in [1.54, 1.807) is 4.90 Å². The standard InChI is InChI=1S/C21H23N3O3/c25-17(23-10-8-22(9-11-23)16-4-2-1-3-5-16)13-24-20(26)18-14-6-7-15(12-14)19(18)21(24)27/h1-7,14-15,18-19H,8-13H2/t14-,15+,18?,19?. The fraction of sp³-hybridized carbons (Fsp3) is 0.476. The molecule has 4 atom stereocenters. The molecule has 4 aliphatic rings. The number of nitrogens with zero attached hydrogens (tertiary/aromatic N) is 3. The van der Waals surface area contributed by atoms with Crippen molar-refractivity contribution < 1.29 is 14.4 Å². The Kier molecular flexibility index (Phi) is 3.81. The van der Waals surface area contributed by atoms with E-state index in [2.05, 4.69) is 29.2 Å². The highest BCUT2D eigenvalue weighted by molar-refractivity contribution is 6.08. The van der Waals surface area contributed by atoms with E-state index in [1.165, 1.54) is 4.90 Å². The molecule has 3 amide bonds. The van der Waals surface area contributed by atoms with Crippen LogP contribution in [0.4, 0.5) is 5.69 Å². The van der Waals surface area contributed by atoms with Gasteiger partial charge in [-0.1, -0.05) is 30.4 Å². The van der Waals surface area contributed by atoms with Crippen molar-refractivity contribution in [3.05, 3.63) is 42.5 Å².